The molecular formula is C12H18O. The standard InChI is InChI=1S/C12H18O/c1-9(2)4-5-11-6-7-12(13)8-10(11)3/h4,6-7,10-11H,5,8H2,1-3H3/t10-,11-/m0/s1. The number of carbonyl (C=O) groups excluding carboxylic acids is 1. The topological polar surface area (TPSA) is 17.1 Å². The van der Waals surface area contributed by atoms with Crippen LogP contribution in [-0.2, 0) is 4.79 Å². The number of rotatable bonds is 2. The quantitative estimate of drug-likeness (QED) is 0.594. The van der Waals surface area contributed by atoms with Crippen molar-refractivity contribution in [1.29, 1.82) is 0 Å². The lowest BCUT2D eigenvalue weighted by molar-refractivity contribution is -0.116. The highest BCUT2D eigenvalue weighted by atomic mass is 16.1. The minimum absolute atomic E-state index is 0.279. The third kappa shape index (κ3) is 3.17. The third-order valence-electron chi connectivity index (χ3n) is 2.58. The molecule has 0 saturated heterocycles. The molecular weight excluding hydrogens is 160 g/mol. The molecule has 0 heterocycles. The molecule has 0 aromatic heterocycles. The monoisotopic (exact) mass is 178 g/mol. The van der Waals surface area contributed by atoms with E-state index in [9.17, 15) is 4.79 Å². The maximum Gasteiger partial charge on any atom is 0.155 e. The van der Waals surface area contributed by atoms with Crippen LogP contribution in [0.15, 0.2) is 23.8 Å². The Morgan fingerprint density at radius 3 is 2.85 bits per heavy atom. The fraction of sp³-hybridized carbons (Fsp3) is 0.583. The number of allylic oxidation sites excluding steroid dienone is 4. The maximum absolute atomic E-state index is 11.1. The lowest BCUT2D eigenvalue weighted by Gasteiger charge is -2.22. The van der Waals surface area contributed by atoms with Crippen LogP contribution in [0.1, 0.15) is 33.6 Å². The van der Waals surface area contributed by atoms with Crippen LogP contribution in [0.2, 0.25) is 0 Å². The minimum atomic E-state index is 0.279. The second kappa shape index (κ2) is 4.40. The van der Waals surface area contributed by atoms with Gasteiger partial charge in [0.2, 0.25) is 0 Å². The summed E-state index contributed by atoms with van der Waals surface area (Å²) in [6, 6.07) is 0. The van der Waals surface area contributed by atoms with E-state index in [0.717, 1.165) is 12.8 Å². The highest BCUT2D eigenvalue weighted by Gasteiger charge is 2.19. The molecule has 0 radical (unpaired) electrons. The van der Waals surface area contributed by atoms with Crippen molar-refractivity contribution in [3.05, 3.63) is 23.8 Å². The lowest BCUT2D eigenvalue weighted by Crippen LogP contribution is -2.17. The van der Waals surface area contributed by atoms with Gasteiger partial charge in [-0.15, -0.1) is 0 Å². The minimum Gasteiger partial charge on any atom is -0.295 e. The fourth-order valence-electron chi connectivity index (χ4n) is 1.64. The molecule has 0 spiro atoms. The van der Waals surface area contributed by atoms with Crippen molar-refractivity contribution < 1.29 is 4.79 Å². The summed E-state index contributed by atoms with van der Waals surface area (Å²) in [4.78, 5) is 11.1. The van der Waals surface area contributed by atoms with Crippen LogP contribution in [0.4, 0.5) is 0 Å². The Morgan fingerprint density at radius 2 is 2.31 bits per heavy atom. The SMILES string of the molecule is CC(C)=CC[C@H]1C=CC(=O)C[C@@H]1C. The molecule has 0 saturated carbocycles. The van der Waals surface area contributed by atoms with Crippen LogP contribution in [0.5, 0.6) is 0 Å². The Balaban J connectivity index is 2.55. The largest absolute Gasteiger partial charge is 0.295 e. The zero-order chi connectivity index (χ0) is 9.84. The number of carbonyl (C=O) groups is 1. The molecule has 0 aromatic rings. The predicted octanol–water partition coefficient (Wildman–Crippen LogP) is 3.12. The van der Waals surface area contributed by atoms with Gasteiger partial charge in [-0.05, 0) is 38.2 Å². The van der Waals surface area contributed by atoms with Crippen LogP contribution < -0.4 is 0 Å². The number of ketones is 1. The lowest BCUT2D eigenvalue weighted by atomic mass is 9.82. The van der Waals surface area contributed by atoms with Gasteiger partial charge in [-0.1, -0.05) is 24.6 Å². The van der Waals surface area contributed by atoms with Gasteiger partial charge < -0.3 is 0 Å². The summed E-state index contributed by atoms with van der Waals surface area (Å²) in [7, 11) is 0. The van der Waals surface area contributed by atoms with Crippen molar-refractivity contribution in [2.75, 3.05) is 0 Å². The van der Waals surface area contributed by atoms with Crippen molar-refractivity contribution in [2.24, 2.45) is 11.8 Å². The predicted molar refractivity (Wildman–Crippen MR) is 55.5 cm³/mol. The van der Waals surface area contributed by atoms with Crippen LogP contribution in [0.25, 0.3) is 0 Å². The summed E-state index contributed by atoms with van der Waals surface area (Å²) in [6.45, 7) is 6.38. The van der Waals surface area contributed by atoms with E-state index in [1.807, 2.05) is 0 Å². The van der Waals surface area contributed by atoms with Crippen LogP contribution >= 0.6 is 0 Å². The molecule has 0 amide bonds. The average Bonchev–Trinajstić information content (AvgIpc) is 2.02. The van der Waals surface area contributed by atoms with Gasteiger partial charge in [0, 0.05) is 6.42 Å². The molecule has 1 rings (SSSR count). The van der Waals surface area contributed by atoms with Crippen LogP contribution in [0.3, 0.4) is 0 Å². The molecule has 0 unspecified atom stereocenters. The van der Waals surface area contributed by atoms with E-state index >= 15 is 0 Å². The third-order valence-corrected chi connectivity index (χ3v) is 2.58. The Labute approximate surface area is 80.5 Å². The van der Waals surface area contributed by atoms with E-state index in [-0.39, 0.29) is 5.78 Å². The molecule has 1 aliphatic carbocycles. The molecule has 0 aromatic carbocycles. The van der Waals surface area contributed by atoms with Crippen molar-refractivity contribution in [2.45, 2.75) is 33.6 Å². The summed E-state index contributed by atoms with van der Waals surface area (Å²) in [5.41, 5.74) is 1.36. The number of hydrogen-bond acceptors (Lipinski definition) is 1. The van der Waals surface area contributed by atoms with Gasteiger partial charge in [0.25, 0.3) is 0 Å². The van der Waals surface area contributed by atoms with Gasteiger partial charge in [-0.2, -0.15) is 0 Å². The van der Waals surface area contributed by atoms with E-state index < -0.39 is 0 Å². The first-order valence-electron chi connectivity index (χ1n) is 4.94. The molecule has 72 valence electrons. The molecule has 1 aliphatic rings. The van der Waals surface area contributed by atoms with E-state index in [4.69, 9.17) is 0 Å². The van der Waals surface area contributed by atoms with Gasteiger partial charge >= 0.3 is 0 Å². The molecule has 1 heteroatoms. The summed E-state index contributed by atoms with van der Waals surface area (Å²) in [5, 5.41) is 0. The second-order valence-electron chi connectivity index (χ2n) is 4.19. The summed E-state index contributed by atoms with van der Waals surface area (Å²) < 4.78 is 0. The zero-order valence-electron chi connectivity index (χ0n) is 8.71. The van der Waals surface area contributed by atoms with E-state index in [1.54, 1.807) is 6.08 Å². The van der Waals surface area contributed by atoms with Crippen molar-refractivity contribution in [1.82, 2.24) is 0 Å². The first-order chi connectivity index (χ1) is 6.09. The van der Waals surface area contributed by atoms with Crippen molar-refractivity contribution >= 4 is 5.78 Å². The first-order valence-corrected chi connectivity index (χ1v) is 4.94. The van der Waals surface area contributed by atoms with Gasteiger partial charge in [0.05, 0.1) is 0 Å². The zero-order valence-corrected chi connectivity index (χ0v) is 8.71. The Morgan fingerprint density at radius 1 is 1.62 bits per heavy atom. The fourth-order valence-corrected chi connectivity index (χ4v) is 1.64. The summed E-state index contributed by atoms with van der Waals surface area (Å²) in [5.74, 6) is 1.35. The molecule has 1 nitrogen and oxygen atoms in total. The summed E-state index contributed by atoms with van der Waals surface area (Å²) in [6.07, 6.45) is 7.85. The second-order valence-corrected chi connectivity index (χ2v) is 4.19. The molecule has 0 aliphatic heterocycles. The first kappa shape index (κ1) is 10.2. The smallest absolute Gasteiger partial charge is 0.155 e. The highest BCUT2D eigenvalue weighted by molar-refractivity contribution is 5.90. The summed E-state index contributed by atoms with van der Waals surface area (Å²) >= 11 is 0. The van der Waals surface area contributed by atoms with Gasteiger partial charge in [0.1, 0.15) is 0 Å². The Bertz CT molecular complexity index is 244. The van der Waals surface area contributed by atoms with Crippen molar-refractivity contribution in [3.63, 3.8) is 0 Å². The highest BCUT2D eigenvalue weighted by Crippen LogP contribution is 2.25. The average molecular weight is 178 g/mol. The molecule has 0 fully saturated rings. The molecule has 13 heavy (non-hydrogen) atoms. The molecule has 0 N–H and O–H groups in total. The normalized spacial score (nSPS) is 27.5. The van der Waals surface area contributed by atoms with E-state index in [0.29, 0.717) is 11.8 Å². The van der Waals surface area contributed by atoms with Crippen LogP contribution in [-0.4, -0.2) is 5.78 Å². The van der Waals surface area contributed by atoms with Crippen LogP contribution in [0, 0.1) is 11.8 Å². The molecule has 0 bridgehead atoms. The van der Waals surface area contributed by atoms with Gasteiger partial charge in [-0.3, -0.25) is 4.79 Å². The van der Waals surface area contributed by atoms with Crippen molar-refractivity contribution in [3.8, 4) is 0 Å². The van der Waals surface area contributed by atoms with Gasteiger partial charge in [-0.25, -0.2) is 0 Å². The Hall–Kier alpha value is -0.850. The Kier molecular flexibility index (Phi) is 3.47. The van der Waals surface area contributed by atoms with E-state index in [2.05, 4.69) is 32.9 Å². The van der Waals surface area contributed by atoms with E-state index in [1.165, 1.54) is 5.57 Å². The van der Waals surface area contributed by atoms with Gasteiger partial charge in [0.15, 0.2) is 5.78 Å². The molecule has 2 atom stereocenters. The number of hydrogen-bond donors (Lipinski definition) is 0. The maximum atomic E-state index is 11.1.